The van der Waals surface area contributed by atoms with Crippen LogP contribution in [0, 0.1) is 5.92 Å². The van der Waals surface area contributed by atoms with Crippen LogP contribution in [0.2, 0.25) is 0 Å². The van der Waals surface area contributed by atoms with Crippen LogP contribution in [0.1, 0.15) is 34.6 Å². The summed E-state index contributed by atoms with van der Waals surface area (Å²) in [6.07, 6.45) is 0. The number of anilines is 1. The second-order valence-electron chi connectivity index (χ2n) is 7.09. The molecule has 3 rings (SSSR count). The fraction of sp³-hybridized carbons (Fsp3) is 0.167. The average molecular weight is 389 g/mol. The van der Waals surface area contributed by atoms with Crippen molar-refractivity contribution in [2.75, 3.05) is 11.9 Å². The summed E-state index contributed by atoms with van der Waals surface area (Å²) in [7, 11) is 0. The molecule has 0 spiro atoms. The smallest absolute Gasteiger partial charge is 0.336 e. The van der Waals surface area contributed by atoms with Crippen LogP contribution in [-0.2, 0) is 0 Å². The van der Waals surface area contributed by atoms with Crippen LogP contribution < -0.4 is 10.1 Å². The summed E-state index contributed by atoms with van der Waals surface area (Å²) in [6.45, 7) is 4.67. The third-order valence-corrected chi connectivity index (χ3v) is 4.30. The quantitative estimate of drug-likeness (QED) is 0.572. The number of aromatic carboxylic acids is 1. The minimum atomic E-state index is -1.14. The maximum Gasteiger partial charge on any atom is 0.336 e. The van der Waals surface area contributed by atoms with Crippen LogP contribution >= 0.6 is 0 Å². The maximum absolute atomic E-state index is 12.7. The summed E-state index contributed by atoms with van der Waals surface area (Å²) < 4.78 is 6.00. The molecular weight excluding hydrogens is 366 g/mol. The number of hydrogen-bond acceptors (Lipinski definition) is 3. The predicted molar refractivity (Wildman–Crippen MR) is 114 cm³/mol. The van der Waals surface area contributed by atoms with Gasteiger partial charge in [-0.2, -0.15) is 0 Å². The first-order valence-corrected chi connectivity index (χ1v) is 9.41. The number of carboxylic acid groups (broad SMARTS) is 1. The molecular formula is C24H23NO4. The van der Waals surface area contributed by atoms with Crippen molar-refractivity contribution >= 4 is 17.6 Å². The van der Waals surface area contributed by atoms with Crippen molar-refractivity contribution in [3.05, 3.63) is 83.9 Å². The second kappa shape index (κ2) is 9.06. The van der Waals surface area contributed by atoms with Gasteiger partial charge in [0.25, 0.3) is 5.91 Å². The van der Waals surface area contributed by atoms with E-state index in [4.69, 9.17) is 4.74 Å². The number of carbonyl (C=O) groups excluding carboxylic acids is 1. The van der Waals surface area contributed by atoms with E-state index in [1.807, 2.05) is 36.4 Å². The fourth-order valence-electron chi connectivity index (χ4n) is 2.90. The highest BCUT2D eigenvalue weighted by Gasteiger charge is 2.17. The molecule has 3 aromatic carbocycles. The van der Waals surface area contributed by atoms with Gasteiger partial charge in [0.05, 0.1) is 17.7 Å². The zero-order valence-corrected chi connectivity index (χ0v) is 16.4. The molecule has 0 aromatic heterocycles. The van der Waals surface area contributed by atoms with Crippen LogP contribution in [0.5, 0.6) is 5.75 Å². The van der Waals surface area contributed by atoms with Crippen molar-refractivity contribution in [2.45, 2.75) is 13.8 Å². The lowest BCUT2D eigenvalue weighted by Gasteiger charge is -2.16. The molecule has 0 heterocycles. The van der Waals surface area contributed by atoms with E-state index in [1.165, 1.54) is 12.1 Å². The Hall–Kier alpha value is -3.60. The van der Waals surface area contributed by atoms with Gasteiger partial charge in [0.2, 0.25) is 0 Å². The summed E-state index contributed by atoms with van der Waals surface area (Å²) in [5, 5.41) is 12.1. The average Bonchev–Trinajstić information content (AvgIpc) is 2.73. The molecule has 0 saturated heterocycles. The maximum atomic E-state index is 12.7. The molecule has 0 bridgehead atoms. The predicted octanol–water partition coefficient (Wildman–Crippen LogP) is 5.34. The number of hydrogen-bond donors (Lipinski definition) is 2. The van der Waals surface area contributed by atoms with Crippen LogP contribution in [0.4, 0.5) is 5.69 Å². The molecule has 0 atom stereocenters. The molecule has 148 valence electrons. The Morgan fingerprint density at radius 3 is 2.24 bits per heavy atom. The van der Waals surface area contributed by atoms with Crippen molar-refractivity contribution in [1.29, 1.82) is 0 Å². The van der Waals surface area contributed by atoms with Crippen LogP contribution in [0.15, 0.2) is 72.8 Å². The second-order valence-corrected chi connectivity index (χ2v) is 7.09. The molecule has 29 heavy (non-hydrogen) atoms. The SMILES string of the molecule is CC(C)COc1cc(NC(=O)c2ccccc2C(=O)O)ccc1-c1ccccc1. The number of carbonyl (C=O) groups is 2. The Labute approximate surface area is 170 Å². The van der Waals surface area contributed by atoms with Gasteiger partial charge in [-0.15, -0.1) is 0 Å². The van der Waals surface area contributed by atoms with Gasteiger partial charge in [-0.1, -0.05) is 56.3 Å². The first-order valence-electron chi connectivity index (χ1n) is 9.41. The molecule has 0 fully saturated rings. The zero-order valence-electron chi connectivity index (χ0n) is 16.4. The van der Waals surface area contributed by atoms with E-state index in [0.29, 0.717) is 24.0 Å². The highest BCUT2D eigenvalue weighted by molar-refractivity contribution is 6.10. The Morgan fingerprint density at radius 2 is 1.59 bits per heavy atom. The van der Waals surface area contributed by atoms with E-state index in [1.54, 1.807) is 24.3 Å². The van der Waals surface area contributed by atoms with E-state index < -0.39 is 11.9 Å². The fourth-order valence-corrected chi connectivity index (χ4v) is 2.90. The highest BCUT2D eigenvalue weighted by Crippen LogP contribution is 2.33. The van der Waals surface area contributed by atoms with Gasteiger partial charge in [-0.05, 0) is 35.7 Å². The molecule has 0 aliphatic heterocycles. The molecule has 0 saturated carbocycles. The van der Waals surface area contributed by atoms with Crippen LogP contribution in [-0.4, -0.2) is 23.6 Å². The molecule has 0 aliphatic rings. The van der Waals surface area contributed by atoms with Gasteiger partial charge in [0.15, 0.2) is 0 Å². The van der Waals surface area contributed by atoms with Gasteiger partial charge in [0, 0.05) is 17.3 Å². The van der Waals surface area contributed by atoms with Gasteiger partial charge in [-0.3, -0.25) is 4.79 Å². The van der Waals surface area contributed by atoms with E-state index in [0.717, 1.165) is 11.1 Å². The summed E-state index contributed by atoms with van der Waals surface area (Å²) in [6, 6.07) is 21.4. The van der Waals surface area contributed by atoms with Crippen LogP contribution in [0.25, 0.3) is 11.1 Å². The lowest BCUT2D eigenvalue weighted by molar-refractivity contribution is 0.0692. The monoisotopic (exact) mass is 389 g/mol. The molecule has 0 aliphatic carbocycles. The summed E-state index contributed by atoms with van der Waals surface area (Å²) in [5.41, 5.74) is 2.54. The highest BCUT2D eigenvalue weighted by atomic mass is 16.5. The Bertz CT molecular complexity index is 1010. The van der Waals surface area contributed by atoms with E-state index in [2.05, 4.69) is 19.2 Å². The molecule has 3 aromatic rings. The van der Waals surface area contributed by atoms with Crippen molar-refractivity contribution in [3.63, 3.8) is 0 Å². The number of amides is 1. The minimum Gasteiger partial charge on any atom is -0.493 e. The third-order valence-electron chi connectivity index (χ3n) is 4.30. The number of carboxylic acids is 1. The topological polar surface area (TPSA) is 75.6 Å². The summed E-state index contributed by atoms with van der Waals surface area (Å²) in [4.78, 5) is 24.0. The first kappa shape index (κ1) is 20.1. The summed E-state index contributed by atoms with van der Waals surface area (Å²) in [5.74, 6) is -0.616. The van der Waals surface area contributed by atoms with Gasteiger partial charge < -0.3 is 15.2 Å². The van der Waals surface area contributed by atoms with Crippen molar-refractivity contribution in [2.24, 2.45) is 5.92 Å². The Morgan fingerprint density at radius 1 is 0.931 bits per heavy atom. The molecule has 0 radical (unpaired) electrons. The summed E-state index contributed by atoms with van der Waals surface area (Å²) >= 11 is 0. The largest absolute Gasteiger partial charge is 0.493 e. The number of rotatable bonds is 7. The van der Waals surface area contributed by atoms with Crippen molar-refractivity contribution in [3.8, 4) is 16.9 Å². The third kappa shape index (κ3) is 5.02. The molecule has 5 heteroatoms. The van der Waals surface area contributed by atoms with Gasteiger partial charge >= 0.3 is 5.97 Å². The van der Waals surface area contributed by atoms with Gasteiger partial charge in [-0.25, -0.2) is 4.79 Å². The molecule has 2 N–H and O–H groups in total. The number of benzene rings is 3. The zero-order chi connectivity index (χ0) is 20.8. The molecule has 5 nitrogen and oxygen atoms in total. The molecule has 0 unspecified atom stereocenters. The normalized spacial score (nSPS) is 10.6. The van der Waals surface area contributed by atoms with E-state index >= 15 is 0 Å². The Balaban J connectivity index is 1.91. The number of nitrogens with one attached hydrogen (secondary N) is 1. The van der Waals surface area contributed by atoms with Gasteiger partial charge in [0.1, 0.15) is 5.75 Å². The Kier molecular flexibility index (Phi) is 6.29. The van der Waals surface area contributed by atoms with E-state index in [-0.39, 0.29) is 11.1 Å². The number of ether oxygens (including phenoxy) is 1. The lowest BCUT2D eigenvalue weighted by atomic mass is 10.0. The standard InChI is InChI=1S/C24H23NO4/c1-16(2)15-29-22-14-18(12-13-19(22)17-8-4-3-5-9-17)25-23(26)20-10-6-7-11-21(20)24(27)28/h3-14,16H,15H2,1-2H3,(H,25,26)(H,27,28). The van der Waals surface area contributed by atoms with Crippen molar-refractivity contribution in [1.82, 2.24) is 0 Å². The molecule has 1 amide bonds. The lowest BCUT2D eigenvalue weighted by Crippen LogP contribution is -2.16. The van der Waals surface area contributed by atoms with Crippen molar-refractivity contribution < 1.29 is 19.4 Å². The first-order chi connectivity index (χ1) is 14.0. The van der Waals surface area contributed by atoms with Crippen LogP contribution in [0.3, 0.4) is 0 Å². The minimum absolute atomic E-state index is 0.0396. The van der Waals surface area contributed by atoms with E-state index in [9.17, 15) is 14.7 Å².